The summed E-state index contributed by atoms with van der Waals surface area (Å²) < 4.78 is 5.86. The molecule has 3 atom stereocenters. The van der Waals surface area contributed by atoms with Gasteiger partial charge in [0.05, 0.1) is 0 Å². The van der Waals surface area contributed by atoms with Crippen molar-refractivity contribution in [3.63, 3.8) is 0 Å². The summed E-state index contributed by atoms with van der Waals surface area (Å²) in [6, 6.07) is 16.8. The smallest absolute Gasteiger partial charge is 0.410 e. The quantitative estimate of drug-likeness (QED) is 0.744. The zero-order valence-corrected chi connectivity index (χ0v) is 19.1. The molecule has 2 fully saturated rings. The maximum absolute atomic E-state index is 12.9. The number of piperazine rings is 1. The number of carbonyl (C=O) groups is 1. The number of anilines is 1. The number of hydrogen-bond donors (Lipinski definition) is 1. The second-order valence-corrected chi connectivity index (χ2v) is 10.0. The van der Waals surface area contributed by atoms with E-state index in [-0.39, 0.29) is 17.6 Å². The average molecular weight is 434 g/mol. The maximum atomic E-state index is 12.9. The number of nitrogens with zero attached hydrogens (tertiary/aromatic N) is 2. The highest BCUT2D eigenvalue weighted by atomic mass is 16.6. The van der Waals surface area contributed by atoms with Crippen LogP contribution >= 0.6 is 0 Å². The molecule has 1 saturated carbocycles. The molecule has 0 spiro atoms. The lowest BCUT2D eigenvalue weighted by Crippen LogP contribution is -2.52. The Morgan fingerprint density at radius 3 is 2.59 bits per heavy atom. The lowest BCUT2D eigenvalue weighted by molar-refractivity contribution is 0.149. The van der Waals surface area contributed by atoms with Crippen LogP contribution in [0, 0.1) is 5.92 Å². The molecule has 5 nitrogen and oxygen atoms in total. The largest absolute Gasteiger partial charge is 0.415 e. The van der Waals surface area contributed by atoms with Crippen molar-refractivity contribution in [1.82, 2.24) is 4.90 Å². The molecule has 0 aromatic heterocycles. The first kappa shape index (κ1) is 21.3. The predicted octanol–water partition coefficient (Wildman–Crippen LogP) is 4.73. The van der Waals surface area contributed by atoms with E-state index in [2.05, 4.69) is 48.2 Å². The molecule has 32 heavy (non-hydrogen) atoms. The van der Waals surface area contributed by atoms with Gasteiger partial charge in [-0.25, -0.2) is 4.79 Å². The van der Waals surface area contributed by atoms with Crippen molar-refractivity contribution in [2.24, 2.45) is 11.7 Å². The number of amides is 1. The topological polar surface area (TPSA) is 58.8 Å². The molecular formula is C27H35N3O2. The Hall–Kier alpha value is -2.53. The van der Waals surface area contributed by atoms with Crippen LogP contribution in [-0.2, 0) is 11.8 Å². The van der Waals surface area contributed by atoms with Crippen molar-refractivity contribution in [3.05, 3.63) is 59.7 Å². The van der Waals surface area contributed by atoms with Crippen LogP contribution in [0.4, 0.5) is 10.5 Å². The van der Waals surface area contributed by atoms with Gasteiger partial charge in [-0.2, -0.15) is 0 Å². The van der Waals surface area contributed by atoms with Crippen molar-refractivity contribution in [1.29, 1.82) is 0 Å². The summed E-state index contributed by atoms with van der Waals surface area (Å²) in [5.41, 5.74) is 10.7. The van der Waals surface area contributed by atoms with E-state index < -0.39 is 0 Å². The highest BCUT2D eigenvalue weighted by Crippen LogP contribution is 2.46. The normalized spacial score (nSPS) is 27.8. The maximum Gasteiger partial charge on any atom is 0.415 e. The number of para-hydroxylation sites is 1. The van der Waals surface area contributed by atoms with Gasteiger partial charge >= 0.3 is 6.09 Å². The van der Waals surface area contributed by atoms with E-state index in [1.807, 2.05) is 17.0 Å². The Labute approximate surface area is 191 Å². The summed E-state index contributed by atoms with van der Waals surface area (Å²) in [4.78, 5) is 17.0. The number of benzene rings is 2. The molecule has 2 aromatic rings. The third-order valence-corrected chi connectivity index (χ3v) is 8.06. The van der Waals surface area contributed by atoms with Gasteiger partial charge in [0.25, 0.3) is 0 Å². The summed E-state index contributed by atoms with van der Waals surface area (Å²) in [5.74, 6) is 1.20. The van der Waals surface area contributed by atoms with Gasteiger partial charge in [-0.05, 0) is 60.6 Å². The minimum atomic E-state index is -0.251. The van der Waals surface area contributed by atoms with Gasteiger partial charge in [-0.3, -0.25) is 0 Å². The molecule has 1 heterocycles. The minimum absolute atomic E-state index is 0.0393. The molecule has 2 N–H and O–H groups in total. The molecule has 5 heteroatoms. The van der Waals surface area contributed by atoms with E-state index in [0.717, 1.165) is 25.9 Å². The molecule has 5 rings (SSSR count). The van der Waals surface area contributed by atoms with Crippen molar-refractivity contribution in [2.75, 3.05) is 31.1 Å². The molecule has 2 aliphatic carbocycles. The molecular weight excluding hydrogens is 398 g/mol. The van der Waals surface area contributed by atoms with Crippen LogP contribution in [0.1, 0.15) is 50.2 Å². The lowest BCUT2D eigenvalue weighted by atomic mass is 9.60. The monoisotopic (exact) mass is 433 g/mol. The lowest BCUT2D eigenvalue weighted by Gasteiger charge is -2.47. The van der Waals surface area contributed by atoms with E-state index >= 15 is 0 Å². The summed E-state index contributed by atoms with van der Waals surface area (Å²) in [6.45, 7) is 5.30. The molecule has 0 unspecified atom stereocenters. The Kier molecular flexibility index (Phi) is 5.85. The van der Waals surface area contributed by atoms with E-state index in [9.17, 15) is 4.79 Å². The van der Waals surface area contributed by atoms with Crippen LogP contribution in [0.5, 0.6) is 5.75 Å². The Bertz CT molecular complexity index is 955. The summed E-state index contributed by atoms with van der Waals surface area (Å²) >= 11 is 0. The molecule has 2 aromatic carbocycles. The molecule has 2 bridgehead atoms. The number of rotatable bonds is 2. The van der Waals surface area contributed by atoms with Crippen LogP contribution in [0.3, 0.4) is 0 Å². The van der Waals surface area contributed by atoms with Crippen LogP contribution < -0.4 is 15.4 Å². The molecule has 1 aliphatic heterocycles. The van der Waals surface area contributed by atoms with Crippen LogP contribution in [0.15, 0.2) is 48.5 Å². The zero-order valence-electron chi connectivity index (χ0n) is 19.1. The van der Waals surface area contributed by atoms with E-state index in [1.54, 1.807) is 0 Å². The first-order chi connectivity index (χ1) is 15.5. The molecule has 170 valence electrons. The first-order valence-electron chi connectivity index (χ1n) is 12.2. The Morgan fingerprint density at radius 2 is 1.81 bits per heavy atom. The van der Waals surface area contributed by atoms with Crippen molar-refractivity contribution < 1.29 is 9.53 Å². The van der Waals surface area contributed by atoms with Crippen LogP contribution in [0.2, 0.25) is 0 Å². The number of hydrogen-bond acceptors (Lipinski definition) is 4. The van der Waals surface area contributed by atoms with Gasteiger partial charge in [0, 0.05) is 43.3 Å². The Balaban J connectivity index is 1.28. The van der Waals surface area contributed by atoms with Crippen LogP contribution in [-0.4, -0.2) is 43.2 Å². The number of nitrogens with two attached hydrogens (primary N) is 1. The third-order valence-electron chi connectivity index (χ3n) is 8.06. The van der Waals surface area contributed by atoms with Crippen molar-refractivity contribution in [2.45, 2.75) is 56.9 Å². The fraction of sp³-hybridized carbons (Fsp3) is 0.519. The summed E-state index contributed by atoms with van der Waals surface area (Å²) in [7, 11) is 0. The zero-order chi connectivity index (χ0) is 22.1. The standard InChI is InChI=1S/C27H35N3O2/c1-27-13-7-3-4-8-21(25(27)28)18-20-11-12-23(19-24(20)27)32-26(31)30-16-14-29(15-17-30)22-9-5-2-6-10-22/h2,5-6,9-12,19,21,25H,3-4,7-8,13-18,28H2,1H3/t21-,25-,27+/m0/s1. The highest BCUT2D eigenvalue weighted by Gasteiger charge is 2.44. The van der Waals surface area contributed by atoms with E-state index in [1.165, 1.54) is 42.5 Å². The van der Waals surface area contributed by atoms with Gasteiger partial charge in [0.2, 0.25) is 0 Å². The predicted molar refractivity (Wildman–Crippen MR) is 128 cm³/mol. The van der Waals surface area contributed by atoms with Crippen molar-refractivity contribution >= 4 is 11.8 Å². The van der Waals surface area contributed by atoms with Gasteiger partial charge in [-0.1, -0.05) is 50.5 Å². The molecule has 1 amide bonds. The fourth-order valence-electron chi connectivity index (χ4n) is 6.05. The molecule has 1 saturated heterocycles. The van der Waals surface area contributed by atoms with Gasteiger partial charge in [0.15, 0.2) is 0 Å². The van der Waals surface area contributed by atoms with E-state index in [4.69, 9.17) is 10.5 Å². The number of carbonyl (C=O) groups excluding carboxylic acids is 1. The Morgan fingerprint density at radius 1 is 1.03 bits per heavy atom. The van der Waals surface area contributed by atoms with Gasteiger partial charge in [-0.15, -0.1) is 0 Å². The molecule has 3 aliphatic rings. The number of ether oxygens (including phenoxy) is 1. The molecule has 0 radical (unpaired) electrons. The fourth-order valence-corrected chi connectivity index (χ4v) is 6.05. The van der Waals surface area contributed by atoms with Gasteiger partial charge in [0.1, 0.15) is 5.75 Å². The SMILES string of the molecule is C[C@@]12CCCCC[C@@H](Cc3ccc(OC(=O)N4CCN(c5ccccc5)CC4)cc31)[C@@H]2N. The average Bonchev–Trinajstić information content (AvgIpc) is 2.83. The first-order valence-corrected chi connectivity index (χ1v) is 12.2. The summed E-state index contributed by atoms with van der Waals surface area (Å²) in [5, 5.41) is 0. The highest BCUT2D eigenvalue weighted by molar-refractivity contribution is 5.71. The summed E-state index contributed by atoms with van der Waals surface area (Å²) in [6.07, 6.45) is 6.92. The van der Waals surface area contributed by atoms with Crippen molar-refractivity contribution in [3.8, 4) is 5.75 Å². The van der Waals surface area contributed by atoms with Gasteiger partial charge < -0.3 is 20.3 Å². The second-order valence-electron chi connectivity index (χ2n) is 10.0. The second kappa shape index (κ2) is 8.78. The third kappa shape index (κ3) is 3.99. The van der Waals surface area contributed by atoms with Crippen LogP contribution in [0.25, 0.3) is 0 Å². The number of fused-ring (bicyclic) bond motifs is 4. The minimum Gasteiger partial charge on any atom is -0.410 e. The van der Waals surface area contributed by atoms with E-state index in [0.29, 0.717) is 24.8 Å².